The molecule has 6 heteroatoms. The number of fused-ring (bicyclic) bond motifs is 2. The van der Waals surface area contributed by atoms with Gasteiger partial charge in [0.1, 0.15) is 11.3 Å². The maximum atomic E-state index is 12.3. The average Bonchev–Trinajstić information content (AvgIpc) is 2.75. The van der Waals surface area contributed by atoms with Crippen molar-refractivity contribution in [1.82, 2.24) is 10.2 Å². The summed E-state index contributed by atoms with van der Waals surface area (Å²) in [6.07, 6.45) is 7.01. The summed E-state index contributed by atoms with van der Waals surface area (Å²) in [5.74, 6) is 0.956. The van der Waals surface area contributed by atoms with Gasteiger partial charge in [-0.2, -0.15) is 0 Å². The van der Waals surface area contributed by atoms with E-state index in [1.54, 1.807) is 6.07 Å². The van der Waals surface area contributed by atoms with Crippen molar-refractivity contribution in [3.63, 3.8) is 0 Å². The molecule has 0 bridgehead atoms. The number of rotatable bonds is 6. The minimum atomic E-state index is -0.367. The predicted molar refractivity (Wildman–Crippen MR) is 112 cm³/mol. The number of nitrogens with one attached hydrogen (secondary N) is 1. The van der Waals surface area contributed by atoms with E-state index in [0.29, 0.717) is 23.3 Å². The second kappa shape index (κ2) is 8.99. The molecule has 29 heavy (non-hydrogen) atoms. The van der Waals surface area contributed by atoms with E-state index in [2.05, 4.69) is 10.2 Å². The van der Waals surface area contributed by atoms with Crippen LogP contribution in [0.1, 0.15) is 44.6 Å². The van der Waals surface area contributed by atoms with Crippen molar-refractivity contribution in [1.29, 1.82) is 0 Å². The lowest BCUT2D eigenvalue weighted by molar-refractivity contribution is -0.123. The lowest BCUT2D eigenvalue weighted by Crippen LogP contribution is -2.51. The number of ether oxygens (including phenoxy) is 1. The van der Waals surface area contributed by atoms with Crippen molar-refractivity contribution in [3.05, 3.63) is 40.2 Å². The highest BCUT2D eigenvalue weighted by atomic mass is 16.5. The zero-order valence-electron chi connectivity index (χ0n) is 17.1. The molecule has 2 aliphatic rings. The number of benzene rings is 1. The van der Waals surface area contributed by atoms with E-state index in [0.717, 1.165) is 23.9 Å². The van der Waals surface area contributed by atoms with Gasteiger partial charge in [-0.15, -0.1) is 0 Å². The lowest BCUT2D eigenvalue weighted by atomic mass is 9.83. The molecule has 2 fully saturated rings. The van der Waals surface area contributed by atoms with E-state index in [-0.39, 0.29) is 18.1 Å². The fourth-order valence-electron chi connectivity index (χ4n) is 4.85. The molecular weight excluding hydrogens is 368 g/mol. The average molecular weight is 399 g/mol. The van der Waals surface area contributed by atoms with E-state index >= 15 is 0 Å². The Balaban J connectivity index is 1.32. The molecule has 2 saturated heterocycles. The minimum Gasteiger partial charge on any atom is -0.484 e. The van der Waals surface area contributed by atoms with Gasteiger partial charge in [-0.05, 0) is 68.8 Å². The molecule has 6 nitrogen and oxygen atoms in total. The second-order valence-electron chi connectivity index (χ2n) is 8.20. The largest absolute Gasteiger partial charge is 0.484 e. The first-order chi connectivity index (χ1) is 14.1. The molecule has 2 aliphatic heterocycles. The van der Waals surface area contributed by atoms with Gasteiger partial charge in [0.2, 0.25) is 0 Å². The second-order valence-corrected chi connectivity index (χ2v) is 8.20. The van der Waals surface area contributed by atoms with Crippen LogP contribution in [0.25, 0.3) is 11.0 Å². The molecule has 0 saturated carbocycles. The number of piperidine rings is 2. The molecule has 4 rings (SSSR count). The van der Waals surface area contributed by atoms with E-state index in [9.17, 15) is 9.59 Å². The van der Waals surface area contributed by atoms with Crippen LogP contribution in [0, 0.1) is 5.92 Å². The molecular formula is C23H30N2O4. The highest BCUT2D eigenvalue weighted by Gasteiger charge is 2.32. The molecule has 1 aromatic carbocycles. The quantitative estimate of drug-likeness (QED) is 0.757. The van der Waals surface area contributed by atoms with Crippen molar-refractivity contribution in [2.75, 3.05) is 26.2 Å². The Morgan fingerprint density at radius 1 is 1.21 bits per heavy atom. The van der Waals surface area contributed by atoms with Gasteiger partial charge in [0.25, 0.3) is 5.91 Å². The Kier molecular flexibility index (Phi) is 6.19. The molecule has 3 heterocycles. The first-order valence-electron chi connectivity index (χ1n) is 10.8. The van der Waals surface area contributed by atoms with Gasteiger partial charge in [-0.3, -0.25) is 4.79 Å². The number of carbonyl (C=O) groups is 1. The monoisotopic (exact) mass is 398 g/mol. The normalized spacial score (nSPS) is 22.2. The Bertz CT molecular complexity index is 921. The zero-order valence-corrected chi connectivity index (χ0v) is 17.1. The van der Waals surface area contributed by atoms with Crippen LogP contribution in [0.5, 0.6) is 5.75 Å². The molecule has 2 atom stereocenters. The minimum absolute atomic E-state index is 0.0374. The maximum Gasteiger partial charge on any atom is 0.336 e. The summed E-state index contributed by atoms with van der Waals surface area (Å²) in [7, 11) is 0. The fraction of sp³-hybridized carbons (Fsp3) is 0.565. The van der Waals surface area contributed by atoms with Gasteiger partial charge < -0.3 is 19.4 Å². The van der Waals surface area contributed by atoms with Gasteiger partial charge in [0, 0.05) is 30.1 Å². The highest BCUT2D eigenvalue weighted by molar-refractivity contribution is 5.82. The Hall–Kier alpha value is -2.34. The molecule has 0 aliphatic carbocycles. The van der Waals surface area contributed by atoms with Crippen molar-refractivity contribution >= 4 is 16.9 Å². The van der Waals surface area contributed by atoms with Gasteiger partial charge in [0.05, 0.1) is 0 Å². The van der Waals surface area contributed by atoms with Gasteiger partial charge >= 0.3 is 5.63 Å². The van der Waals surface area contributed by atoms with Crippen LogP contribution >= 0.6 is 0 Å². The Labute approximate surface area is 171 Å². The SMILES string of the molecule is CCc1cc(=O)oc2cc(OCC(=O)NC[C@@H]3CCCN4CCCC[C@H]34)ccc12. The highest BCUT2D eigenvalue weighted by Crippen LogP contribution is 2.30. The third-order valence-electron chi connectivity index (χ3n) is 6.34. The summed E-state index contributed by atoms with van der Waals surface area (Å²) >= 11 is 0. The van der Waals surface area contributed by atoms with E-state index < -0.39 is 0 Å². The van der Waals surface area contributed by atoms with E-state index in [1.807, 2.05) is 19.1 Å². The molecule has 1 amide bonds. The molecule has 2 aromatic rings. The Morgan fingerprint density at radius 2 is 2.07 bits per heavy atom. The molecule has 0 radical (unpaired) electrons. The zero-order chi connectivity index (χ0) is 20.2. The van der Waals surface area contributed by atoms with Crippen molar-refractivity contribution < 1.29 is 13.9 Å². The Morgan fingerprint density at radius 3 is 2.93 bits per heavy atom. The first kappa shape index (κ1) is 20.0. The first-order valence-corrected chi connectivity index (χ1v) is 10.8. The molecule has 0 unspecified atom stereocenters. The number of hydrogen-bond donors (Lipinski definition) is 1. The third-order valence-corrected chi connectivity index (χ3v) is 6.34. The van der Waals surface area contributed by atoms with Crippen LogP contribution in [-0.4, -0.2) is 43.1 Å². The molecule has 156 valence electrons. The number of carbonyl (C=O) groups excluding carboxylic acids is 1. The van der Waals surface area contributed by atoms with Crippen LogP contribution in [0.2, 0.25) is 0 Å². The number of aryl methyl sites for hydroxylation is 1. The van der Waals surface area contributed by atoms with Gasteiger partial charge in [-0.25, -0.2) is 4.79 Å². The van der Waals surface area contributed by atoms with Crippen molar-refractivity contribution in [2.24, 2.45) is 5.92 Å². The van der Waals surface area contributed by atoms with Crippen molar-refractivity contribution in [3.8, 4) is 5.75 Å². The predicted octanol–water partition coefficient (Wildman–Crippen LogP) is 3.11. The van der Waals surface area contributed by atoms with Crippen LogP contribution in [0.15, 0.2) is 33.5 Å². The van der Waals surface area contributed by atoms with E-state index in [1.165, 1.54) is 51.3 Å². The van der Waals surface area contributed by atoms with Gasteiger partial charge in [-0.1, -0.05) is 13.3 Å². The summed E-state index contributed by atoms with van der Waals surface area (Å²) in [5.41, 5.74) is 1.07. The number of amides is 1. The molecule has 0 spiro atoms. The van der Waals surface area contributed by atoms with E-state index in [4.69, 9.17) is 9.15 Å². The summed E-state index contributed by atoms with van der Waals surface area (Å²) in [6, 6.07) is 7.52. The van der Waals surface area contributed by atoms with Crippen LogP contribution in [0.3, 0.4) is 0 Å². The smallest absolute Gasteiger partial charge is 0.336 e. The summed E-state index contributed by atoms with van der Waals surface area (Å²) < 4.78 is 10.9. The third kappa shape index (κ3) is 4.64. The molecule has 1 N–H and O–H groups in total. The summed E-state index contributed by atoms with van der Waals surface area (Å²) in [4.78, 5) is 26.6. The summed E-state index contributed by atoms with van der Waals surface area (Å²) in [5, 5.41) is 3.96. The number of hydrogen-bond acceptors (Lipinski definition) is 5. The van der Waals surface area contributed by atoms with Crippen LogP contribution in [0.4, 0.5) is 0 Å². The standard InChI is InChI=1S/C23H30N2O4/c1-2-16-12-23(27)29-21-13-18(8-9-19(16)21)28-15-22(26)24-14-17-6-5-11-25-10-4-3-7-20(17)25/h8-9,12-13,17,20H,2-7,10-11,14-15H2,1H3,(H,24,26)/t17-,20+/m0/s1. The fourth-order valence-corrected chi connectivity index (χ4v) is 4.85. The molecule has 1 aromatic heterocycles. The van der Waals surface area contributed by atoms with Gasteiger partial charge in [0.15, 0.2) is 6.61 Å². The van der Waals surface area contributed by atoms with Crippen LogP contribution in [-0.2, 0) is 11.2 Å². The van der Waals surface area contributed by atoms with Crippen molar-refractivity contribution in [2.45, 2.75) is 51.5 Å². The lowest BCUT2D eigenvalue weighted by Gasteiger charge is -2.44. The number of nitrogens with zero attached hydrogens (tertiary/aromatic N) is 1. The topological polar surface area (TPSA) is 71.8 Å². The van der Waals surface area contributed by atoms with Crippen LogP contribution < -0.4 is 15.7 Å². The maximum absolute atomic E-state index is 12.3. The summed E-state index contributed by atoms with van der Waals surface area (Å²) in [6.45, 7) is 5.09.